The van der Waals surface area contributed by atoms with Gasteiger partial charge >= 0.3 is 6.18 Å². The van der Waals surface area contributed by atoms with E-state index in [2.05, 4.69) is 11.8 Å². The standard InChI is InChI=1S/C24H23ClF3NO3.CH4/c1-2-16-5-3-4-12-29(16)13-18-19(30)11-10-17-21(31)20(14-6-8-15(25)9-7-14)23(24(26,27)28)32-22(17)18;/h6-11,16,30H,2-5,12-13H2,1H3;1H4. The normalized spacial score (nSPS) is 17.2. The van der Waals surface area contributed by atoms with Gasteiger partial charge in [0.1, 0.15) is 11.3 Å². The summed E-state index contributed by atoms with van der Waals surface area (Å²) in [4.78, 5) is 15.4. The summed E-state index contributed by atoms with van der Waals surface area (Å²) in [6, 6.07) is 8.48. The van der Waals surface area contributed by atoms with Crippen LogP contribution in [0, 0.1) is 0 Å². The largest absolute Gasteiger partial charge is 0.507 e. The number of alkyl halides is 3. The van der Waals surface area contributed by atoms with Gasteiger partial charge in [-0.3, -0.25) is 9.69 Å². The van der Waals surface area contributed by atoms with Gasteiger partial charge in [-0.15, -0.1) is 0 Å². The Kier molecular flexibility index (Phi) is 7.44. The van der Waals surface area contributed by atoms with Crippen LogP contribution in [0.1, 0.15) is 51.4 Å². The van der Waals surface area contributed by atoms with E-state index in [0.29, 0.717) is 5.02 Å². The van der Waals surface area contributed by atoms with Gasteiger partial charge in [0.15, 0.2) is 0 Å². The Morgan fingerprint density at radius 1 is 1.15 bits per heavy atom. The third-order valence-electron chi connectivity index (χ3n) is 6.11. The van der Waals surface area contributed by atoms with Crippen molar-refractivity contribution in [3.05, 3.63) is 63.0 Å². The maximum absolute atomic E-state index is 14.0. The predicted octanol–water partition coefficient (Wildman–Crippen LogP) is 7.24. The van der Waals surface area contributed by atoms with Crippen molar-refractivity contribution in [3.63, 3.8) is 0 Å². The quantitative estimate of drug-likeness (QED) is 0.426. The van der Waals surface area contributed by atoms with Crippen molar-refractivity contribution < 1.29 is 22.7 Å². The second-order valence-electron chi connectivity index (χ2n) is 8.11. The van der Waals surface area contributed by atoms with E-state index in [4.69, 9.17) is 16.0 Å². The molecule has 2 aromatic carbocycles. The van der Waals surface area contributed by atoms with E-state index in [-0.39, 0.29) is 47.9 Å². The lowest BCUT2D eigenvalue weighted by atomic mass is 9.97. The van der Waals surface area contributed by atoms with E-state index in [9.17, 15) is 23.1 Å². The number of halogens is 4. The molecule has 1 unspecified atom stereocenters. The smallest absolute Gasteiger partial charge is 0.450 e. The molecule has 4 nitrogen and oxygen atoms in total. The number of fused-ring (bicyclic) bond motifs is 1. The lowest BCUT2D eigenvalue weighted by Gasteiger charge is -2.35. The van der Waals surface area contributed by atoms with Crippen LogP contribution in [0.4, 0.5) is 13.2 Å². The van der Waals surface area contributed by atoms with Gasteiger partial charge in [-0.1, -0.05) is 44.5 Å². The molecule has 0 radical (unpaired) electrons. The van der Waals surface area contributed by atoms with E-state index in [1.54, 1.807) is 0 Å². The molecule has 0 spiro atoms. The molecular weight excluding hydrogens is 455 g/mol. The first-order valence-electron chi connectivity index (χ1n) is 10.6. The van der Waals surface area contributed by atoms with Crippen molar-refractivity contribution in [2.45, 2.75) is 58.8 Å². The molecule has 3 aromatic rings. The Labute approximate surface area is 195 Å². The molecule has 1 aromatic heterocycles. The van der Waals surface area contributed by atoms with Crippen LogP contribution in [0.5, 0.6) is 5.75 Å². The van der Waals surface area contributed by atoms with Crippen LogP contribution in [0.2, 0.25) is 5.02 Å². The molecule has 1 aliphatic rings. The fourth-order valence-corrected chi connectivity index (χ4v) is 4.59. The fourth-order valence-electron chi connectivity index (χ4n) is 4.47. The number of aromatic hydroxyl groups is 1. The van der Waals surface area contributed by atoms with Crippen molar-refractivity contribution in [1.29, 1.82) is 0 Å². The van der Waals surface area contributed by atoms with E-state index in [0.717, 1.165) is 32.2 Å². The first kappa shape index (κ1) is 25.1. The Morgan fingerprint density at radius 2 is 1.85 bits per heavy atom. The molecule has 4 rings (SSSR count). The van der Waals surface area contributed by atoms with Crippen molar-refractivity contribution in [2.24, 2.45) is 0 Å². The second-order valence-corrected chi connectivity index (χ2v) is 8.54. The molecule has 1 saturated heterocycles. The summed E-state index contributed by atoms with van der Waals surface area (Å²) in [5, 5.41) is 10.9. The van der Waals surface area contributed by atoms with Gasteiger partial charge in [-0.05, 0) is 55.6 Å². The minimum atomic E-state index is -4.90. The van der Waals surface area contributed by atoms with Crippen molar-refractivity contribution in [2.75, 3.05) is 6.54 Å². The maximum atomic E-state index is 14.0. The Bertz CT molecular complexity index is 1190. The average molecular weight is 482 g/mol. The first-order chi connectivity index (χ1) is 15.2. The van der Waals surface area contributed by atoms with Crippen LogP contribution in [0.25, 0.3) is 22.1 Å². The highest BCUT2D eigenvalue weighted by molar-refractivity contribution is 6.30. The molecule has 33 heavy (non-hydrogen) atoms. The van der Waals surface area contributed by atoms with Crippen LogP contribution >= 0.6 is 11.6 Å². The topological polar surface area (TPSA) is 53.7 Å². The van der Waals surface area contributed by atoms with Crippen molar-refractivity contribution in [1.82, 2.24) is 4.90 Å². The number of piperidine rings is 1. The summed E-state index contributed by atoms with van der Waals surface area (Å²) in [6.45, 7) is 3.04. The monoisotopic (exact) mass is 481 g/mol. The number of hydrogen-bond donors (Lipinski definition) is 1. The molecule has 8 heteroatoms. The van der Waals surface area contributed by atoms with Crippen LogP contribution in [0.15, 0.2) is 45.6 Å². The predicted molar refractivity (Wildman–Crippen MR) is 125 cm³/mol. The maximum Gasteiger partial charge on any atom is 0.450 e. The van der Waals surface area contributed by atoms with Gasteiger partial charge in [-0.25, -0.2) is 0 Å². The molecule has 0 aliphatic carbocycles. The molecular formula is C25H27ClF3NO3. The number of phenols is 1. The van der Waals surface area contributed by atoms with Crippen LogP contribution in [-0.2, 0) is 12.7 Å². The highest BCUT2D eigenvalue weighted by Gasteiger charge is 2.40. The summed E-state index contributed by atoms with van der Waals surface area (Å²) in [7, 11) is 0. The number of rotatable bonds is 4. The van der Waals surface area contributed by atoms with E-state index >= 15 is 0 Å². The van der Waals surface area contributed by atoms with Crippen LogP contribution in [0.3, 0.4) is 0 Å². The van der Waals surface area contributed by atoms with Crippen LogP contribution < -0.4 is 5.43 Å². The lowest BCUT2D eigenvalue weighted by molar-refractivity contribution is -0.152. The van der Waals surface area contributed by atoms with Gasteiger partial charge in [0, 0.05) is 17.6 Å². The van der Waals surface area contributed by atoms with Gasteiger partial charge < -0.3 is 9.52 Å². The number of phenolic OH excluding ortho intramolecular Hbond substituents is 1. The molecule has 1 N–H and O–H groups in total. The second kappa shape index (κ2) is 9.77. The van der Waals surface area contributed by atoms with E-state index < -0.39 is 22.9 Å². The third-order valence-corrected chi connectivity index (χ3v) is 6.36. The summed E-state index contributed by atoms with van der Waals surface area (Å²) in [5.74, 6) is -1.57. The zero-order valence-electron chi connectivity index (χ0n) is 17.5. The minimum Gasteiger partial charge on any atom is -0.507 e. The zero-order valence-corrected chi connectivity index (χ0v) is 18.3. The van der Waals surface area contributed by atoms with Gasteiger partial charge in [-0.2, -0.15) is 13.2 Å². The van der Waals surface area contributed by atoms with Gasteiger partial charge in [0.05, 0.1) is 16.5 Å². The molecule has 1 aliphatic heterocycles. The number of nitrogens with zero attached hydrogens (tertiary/aromatic N) is 1. The van der Waals surface area contributed by atoms with E-state index in [1.165, 1.54) is 36.4 Å². The van der Waals surface area contributed by atoms with E-state index in [1.807, 2.05) is 0 Å². The first-order valence-corrected chi connectivity index (χ1v) is 11.0. The van der Waals surface area contributed by atoms with Crippen LogP contribution in [-0.4, -0.2) is 22.6 Å². The van der Waals surface area contributed by atoms with Gasteiger partial charge in [0.2, 0.25) is 11.2 Å². The number of hydrogen-bond acceptors (Lipinski definition) is 4. The van der Waals surface area contributed by atoms with Crippen molar-refractivity contribution >= 4 is 22.6 Å². The third kappa shape index (κ3) is 4.89. The Balaban J connectivity index is 0.00000306. The minimum absolute atomic E-state index is 0. The number of likely N-dealkylation sites (tertiary alicyclic amines) is 1. The molecule has 0 bridgehead atoms. The molecule has 178 valence electrons. The Hall–Kier alpha value is -2.51. The zero-order chi connectivity index (χ0) is 23.0. The summed E-state index contributed by atoms with van der Waals surface area (Å²) < 4.78 is 47.4. The molecule has 0 saturated carbocycles. The summed E-state index contributed by atoms with van der Waals surface area (Å²) in [6.07, 6.45) is -0.957. The number of benzene rings is 2. The lowest BCUT2D eigenvalue weighted by Crippen LogP contribution is -2.38. The molecule has 1 fully saturated rings. The molecule has 1 atom stereocenters. The van der Waals surface area contributed by atoms with Gasteiger partial charge in [0.25, 0.3) is 0 Å². The highest BCUT2D eigenvalue weighted by atomic mass is 35.5. The average Bonchev–Trinajstić information content (AvgIpc) is 2.76. The Morgan fingerprint density at radius 3 is 2.48 bits per heavy atom. The summed E-state index contributed by atoms with van der Waals surface area (Å²) in [5.41, 5.74) is -1.32. The fraction of sp³-hybridized carbons (Fsp3) is 0.400. The van der Waals surface area contributed by atoms with Crippen molar-refractivity contribution in [3.8, 4) is 16.9 Å². The SMILES string of the molecule is C.CCC1CCCCN1Cc1c(O)ccc2c(=O)c(-c3ccc(Cl)cc3)c(C(F)(F)F)oc12. The molecule has 0 amide bonds. The summed E-state index contributed by atoms with van der Waals surface area (Å²) >= 11 is 5.86. The molecule has 2 heterocycles. The highest BCUT2D eigenvalue weighted by Crippen LogP contribution is 2.40.